The average molecular weight is 209 g/mol. The molecular weight excluding hydrogens is 198 g/mol. The van der Waals surface area contributed by atoms with Crippen LogP contribution in [0.3, 0.4) is 0 Å². The van der Waals surface area contributed by atoms with E-state index in [1.54, 1.807) is 23.7 Å². The summed E-state index contributed by atoms with van der Waals surface area (Å²) in [5.74, 6) is -3.13. The van der Waals surface area contributed by atoms with Crippen molar-refractivity contribution in [1.82, 2.24) is 4.57 Å². The van der Waals surface area contributed by atoms with Gasteiger partial charge in [0.2, 0.25) is 5.78 Å². The summed E-state index contributed by atoms with van der Waals surface area (Å²) < 4.78 is 1.62. The van der Waals surface area contributed by atoms with Gasteiger partial charge in [-0.3, -0.25) is 9.59 Å². The van der Waals surface area contributed by atoms with Crippen LogP contribution in [0.15, 0.2) is 12.1 Å². The molecule has 0 spiro atoms. The van der Waals surface area contributed by atoms with Crippen molar-refractivity contribution in [1.29, 1.82) is 0 Å². The van der Waals surface area contributed by atoms with Gasteiger partial charge in [-0.25, -0.2) is 4.79 Å². The molecule has 0 saturated carbocycles. The minimum atomic E-state index is -1.57. The van der Waals surface area contributed by atoms with Gasteiger partial charge >= 0.3 is 5.97 Å². The third-order valence-electron chi connectivity index (χ3n) is 2.22. The van der Waals surface area contributed by atoms with E-state index >= 15 is 0 Å². The number of ketones is 2. The number of aryl methyl sites for hydroxylation is 1. The second-order valence-corrected chi connectivity index (χ2v) is 3.25. The Kier molecular flexibility index (Phi) is 3.04. The first-order valence-corrected chi connectivity index (χ1v) is 4.35. The summed E-state index contributed by atoms with van der Waals surface area (Å²) in [7, 11) is 1.69. The highest BCUT2D eigenvalue weighted by Crippen LogP contribution is 2.08. The Balaban J connectivity index is 2.83. The zero-order valence-electron chi connectivity index (χ0n) is 8.48. The topological polar surface area (TPSA) is 76.4 Å². The lowest BCUT2D eigenvalue weighted by molar-refractivity contribution is -0.148. The first-order chi connectivity index (χ1) is 6.93. The number of Topliss-reactive ketones (excluding diaryl/α,β-unsaturated/α-hetero) is 2. The molecule has 1 aromatic heterocycles. The van der Waals surface area contributed by atoms with Crippen LogP contribution < -0.4 is 0 Å². The molecule has 0 saturated heterocycles. The standard InChI is InChI=1S/C10H11NO4/c1-6-3-4-7(11(6)2)8(12)5-9(13)10(14)15/h3-4H,5H2,1-2H3,(H,14,15). The minimum absolute atomic E-state index is 0.349. The van der Waals surface area contributed by atoms with Crippen LogP contribution in [-0.2, 0) is 16.6 Å². The number of aromatic nitrogens is 1. The summed E-state index contributed by atoms with van der Waals surface area (Å²) in [6, 6.07) is 3.31. The van der Waals surface area contributed by atoms with E-state index in [2.05, 4.69) is 0 Å². The van der Waals surface area contributed by atoms with Crippen molar-refractivity contribution in [3.05, 3.63) is 23.5 Å². The minimum Gasteiger partial charge on any atom is -0.475 e. The molecule has 1 aromatic rings. The molecule has 0 amide bonds. The normalized spacial score (nSPS) is 10.0. The molecule has 0 unspecified atom stereocenters. The average Bonchev–Trinajstić information content (AvgIpc) is 2.47. The van der Waals surface area contributed by atoms with Crippen LogP contribution in [0, 0.1) is 6.92 Å². The van der Waals surface area contributed by atoms with E-state index in [-0.39, 0.29) is 0 Å². The van der Waals surface area contributed by atoms with Crippen LogP contribution in [0.5, 0.6) is 0 Å². The van der Waals surface area contributed by atoms with Gasteiger partial charge < -0.3 is 9.67 Å². The Bertz CT molecular complexity index is 431. The molecule has 0 fully saturated rings. The molecule has 0 aromatic carbocycles. The molecule has 0 aliphatic heterocycles. The van der Waals surface area contributed by atoms with Gasteiger partial charge in [0.1, 0.15) is 0 Å². The fourth-order valence-electron chi connectivity index (χ4n) is 1.21. The van der Waals surface area contributed by atoms with Gasteiger partial charge in [-0.1, -0.05) is 0 Å². The third kappa shape index (κ3) is 2.31. The van der Waals surface area contributed by atoms with Crippen molar-refractivity contribution in [3.63, 3.8) is 0 Å². The quantitative estimate of drug-likeness (QED) is 0.446. The zero-order valence-corrected chi connectivity index (χ0v) is 8.48. The van der Waals surface area contributed by atoms with Gasteiger partial charge in [0, 0.05) is 12.7 Å². The lowest BCUT2D eigenvalue weighted by Gasteiger charge is -2.02. The number of hydrogen-bond acceptors (Lipinski definition) is 3. The first kappa shape index (κ1) is 11.2. The van der Waals surface area contributed by atoms with Crippen molar-refractivity contribution in [3.8, 4) is 0 Å². The fourth-order valence-corrected chi connectivity index (χ4v) is 1.21. The number of carbonyl (C=O) groups is 3. The second-order valence-electron chi connectivity index (χ2n) is 3.25. The maximum atomic E-state index is 11.5. The maximum Gasteiger partial charge on any atom is 0.372 e. The maximum absolute atomic E-state index is 11.5. The van der Waals surface area contributed by atoms with Gasteiger partial charge in [-0.05, 0) is 19.1 Å². The highest BCUT2D eigenvalue weighted by atomic mass is 16.4. The highest BCUT2D eigenvalue weighted by Gasteiger charge is 2.19. The molecule has 0 aliphatic rings. The van der Waals surface area contributed by atoms with E-state index in [0.29, 0.717) is 5.69 Å². The zero-order chi connectivity index (χ0) is 11.6. The number of nitrogens with zero attached hydrogens (tertiary/aromatic N) is 1. The fraction of sp³-hybridized carbons (Fsp3) is 0.300. The molecule has 5 nitrogen and oxygen atoms in total. The summed E-state index contributed by atoms with van der Waals surface area (Å²) in [4.78, 5) is 32.6. The number of hydrogen-bond donors (Lipinski definition) is 1. The van der Waals surface area contributed by atoms with E-state index in [1.807, 2.05) is 6.92 Å². The van der Waals surface area contributed by atoms with Crippen molar-refractivity contribution >= 4 is 17.5 Å². The molecule has 1 N–H and O–H groups in total. The predicted molar refractivity (Wildman–Crippen MR) is 51.7 cm³/mol. The van der Waals surface area contributed by atoms with Crippen LogP contribution in [0.25, 0.3) is 0 Å². The Morgan fingerprint density at radius 1 is 1.33 bits per heavy atom. The number of carboxylic acids is 1. The Morgan fingerprint density at radius 3 is 2.33 bits per heavy atom. The van der Waals surface area contributed by atoms with E-state index in [0.717, 1.165) is 5.69 Å². The smallest absolute Gasteiger partial charge is 0.372 e. The molecule has 1 rings (SSSR count). The largest absolute Gasteiger partial charge is 0.475 e. The third-order valence-corrected chi connectivity index (χ3v) is 2.22. The van der Waals surface area contributed by atoms with E-state index in [4.69, 9.17) is 5.11 Å². The Morgan fingerprint density at radius 2 is 1.93 bits per heavy atom. The number of aliphatic carboxylic acids is 1. The van der Waals surface area contributed by atoms with Gasteiger partial charge in [0.05, 0.1) is 12.1 Å². The first-order valence-electron chi connectivity index (χ1n) is 4.35. The molecule has 5 heteroatoms. The van der Waals surface area contributed by atoms with Gasteiger partial charge in [-0.15, -0.1) is 0 Å². The van der Waals surface area contributed by atoms with Crippen LogP contribution in [0.4, 0.5) is 0 Å². The summed E-state index contributed by atoms with van der Waals surface area (Å²) in [5.41, 5.74) is 1.23. The molecule has 15 heavy (non-hydrogen) atoms. The number of rotatable bonds is 4. The summed E-state index contributed by atoms with van der Waals surface area (Å²) in [6.45, 7) is 1.82. The predicted octanol–water partition coefficient (Wildman–Crippen LogP) is 0.560. The summed E-state index contributed by atoms with van der Waals surface area (Å²) >= 11 is 0. The highest BCUT2D eigenvalue weighted by molar-refractivity contribution is 6.37. The van der Waals surface area contributed by atoms with Gasteiger partial charge in [0.15, 0.2) is 5.78 Å². The SMILES string of the molecule is Cc1ccc(C(=O)CC(=O)C(=O)O)n1C. The van der Waals surface area contributed by atoms with Crippen LogP contribution in [0.2, 0.25) is 0 Å². The van der Waals surface area contributed by atoms with Crippen LogP contribution >= 0.6 is 0 Å². The van der Waals surface area contributed by atoms with Crippen molar-refractivity contribution in [2.75, 3.05) is 0 Å². The van der Waals surface area contributed by atoms with Crippen LogP contribution in [-0.4, -0.2) is 27.2 Å². The van der Waals surface area contributed by atoms with Crippen molar-refractivity contribution in [2.24, 2.45) is 7.05 Å². The molecule has 0 bridgehead atoms. The molecule has 1 heterocycles. The molecule has 0 atom stereocenters. The summed E-state index contributed by atoms with van der Waals surface area (Å²) in [5, 5.41) is 8.34. The lowest BCUT2D eigenvalue weighted by atomic mass is 10.1. The Hall–Kier alpha value is -1.91. The van der Waals surface area contributed by atoms with E-state index in [1.165, 1.54) is 0 Å². The molecule has 0 radical (unpaired) electrons. The molecule has 0 aliphatic carbocycles. The Labute approximate surface area is 86.3 Å². The van der Waals surface area contributed by atoms with Crippen molar-refractivity contribution in [2.45, 2.75) is 13.3 Å². The van der Waals surface area contributed by atoms with Crippen molar-refractivity contribution < 1.29 is 19.5 Å². The summed E-state index contributed by atoms with van der Waals surface area (Å²) in [6.07, 6.45) is -0.591. The van der Waals surface area contributed by atoms with Gasteiger partial charge in [-0.2, -0.15) is 0 Å². The molecular formula is C10H11NO4. The van der Waals surface area contributed by atoms with E-state index < -0.39 is 24.0 Å². The molecule has 80 valence electrons. The monoisotopic (exact) mass is 209 g/mol. The van der Waals surface area contributed by atoms with Crippen LogP contribution in [0.1, 0.15) is 22.6 Å². The number of carboxylic acid groups (broad SMARTS) is 1. The lowest BCUT2D eigenvalue weighted by Crippen LogP contribution is -2.18. The van der Waals surface area contributed by atoms with Gasteiger partial charge in [0.25, 0.3) is 0 Å². The van der Waals surface area contributed by atoms with E-state index in [9.17, 15) is 14.4 Å². The number of carbonyl (C=O) groups excluding carboxylic acids is 2. The second kappa shape index (κ2) is 4.08.